The predicted molar refractivity (Wildman–Crippen MR) is 465 cm³/mol. The Kier molecular flexibility index (Phi) is 31.1. The summed E-state index contributed by atoms with van der Waals surface area (Å²) in [4.78, 5) is 162. The van der Waals surface area contributed by atoms with Gasteiger partial charge in [0.1, 0.15) is 84.9 Å². The van der Waals surface area contributed by atoms with Crippen molar-refractivity contribution < 1.29 is 107 Å². The van der Waals surface area contributed by atoms with E-state index in [0.717, 1.165) is 19.3 Å². The summed E-state index contributed by atoms with van der Waals surface area (Å²) < 4.78 is 131. The number of carbonyl (C=O) groups is 1. The number of rotatable bonds is 37. The van der Waals surface area contributed by atoms with Crippen molar-refractivity contribution in [3.05, 3.63) is 238 Å². The van der Waals surface area contributed by atoms with E-state index in [1.807, 2.05) is 78.9 Å². The monoisotopic (exact) mass is 1930 g/mol. The molecule has 125 heavy (non-hydrogen) atoms. The average molecular weight is 1930 g/mol. The molecule has 0 radical (unpaired) electrons. The van der Waals surface area contributed by atoms with Crippen LogP contribution in [0.15, 0.2) is 154 Å². The maximum Gasteiger partial charge on any atom is 0.386 e. The van der Waals surface area contributed by atoms with Crippen LogP contribution in [0.25, 0.3) is 0 Å². The smallest absolute Gasteiger partial charge is 0.386 e. The summed E-state index contributed by atoms with van der Waals surface area (Å²) in [5, 5.41) is 2.78. The SMILES string of the molecule is COc1ccc(C(OC[C@H]2O[C@@H](n3cc(C)c(=O)[nH]c3=O)C[C@@H]2O[P@](S)OC[C@H]2O[C@@H](N3C=C(C)C(=O)NC3)C[C@@H]2OP(O)(=S)OC[C@H]2O[C@@H](n3cc(C)c(=O)[nH]c3=O)C[C@@H]2OP(=O)(S)OC[C@H]2O[C@@H](n3cc(C)c(=O)[nH]c3=O)C[C@@H]2OP(O)(=S)OC[C@H]2O[C@@H](n3cc(C)c(=O)[nH]c3=O)C[C@@H]2OP(O)(=S)OC(C)C)(c2ccccc2)c2ccc(OC)cc2)cc1. The van der Waals surface area contributed by atoms with E-state index in [0.29, 0.717) is 28.2 Å². The zero-order valence-electron chi connectivity index (χ0n) is 68.3. The number of aromatic nitrogens is 8. The third kappa shape index (κ3) is 23.5. The number of benzene rings is 3. The summed E-state index contributed by atoms with van der Waals surface area (Å²) in [7, 11) is 0.847. The van der Waals surface area contributed by atoms with Gasteiger partial charge in [0.15, 0.2) is 0 Å². The minimum absolute atomic E-state index is 0.000598. The van der Waals surface area contributed by atoms with Gasteiger partial charge in [-0.2, -0.15) is 0 Å². The number of aryl methyl sites for hydroxylation is 4. The lowest BCUT2D eigenvalue weighted by Gasteiger charge is -2.37. The molecule has 1 amide bonds. The first-order chi connectivity index (χ1) is 59.1. The normalized spacial score (nSPS) is 26.9. The van der Waals surface area contributed by atoms with Gasteiger partial charge in [0.25, 0.3) is 22.2 Å². The van der Waals surface area contributed by atoms with Gasteiger partial charge in [-0.05, 0) is 125 Å². The molecule has 680 valence electrons. The molecule has 41 nitrogen and oxygen atoms in total. The van der Waals surface area contributed by atoms with E-state index in [9.17, 15) is 62.4 Å². The number of aromatic amines is 4. The zero-order valence-corrected chi connectivity index (χ0v) is 77.0. The van der Waals surface area contributed by atoms with Gasteiger partial charge in [0.05, 0.1) is 84.4 Å². The second kappa shape index (κ2) is 40.5. The Bertz CT molecular complexity index is 5780. The molecule has 4 aromatic heterocycles. The van der Waals surface area contributed by atoms with Crippen molar-refractivity contribution >= 4 is 100 Å². The second-order valence-electron chi connectivity index (χ2n) is 30.2. The Morgan fingerprint density at radius 2 is 0.840 bits per heavy atom. The summed E-state index contributed by atoms with van der Waals surface area (Å²) in [5.41, 5.74) is -4.45. The van der Waals surface area contributed by atoms with Crippen molar-refractivity contribution in [3.8, 4) is 11.5 Å². The number of hydrogen-bond acceptors (Lipinski definition) is 33. The third-order valence-corrected chi connectivity index (χ3v) is 29.1. The Labute approximate surface area is 739 Å². The number of nitrogens with zero attached hydrogens (tertiary/aromatic N) is 5. The maximum atomic E-state index is 14.9. The van der Waals surface area contributed by atoms with E-state index in [1.54, 1.807) is 53.0 Å². The quantitative estimate of drug-likeness (QED) is 0.0116. The number of nitrogens with one attached hydrogen (secondary N) is 5. The molecular formula is C74H93N10O31P5S5. The maximum absolute atomic E-state index is 14.9. The molecular weight excluding hydrogens is 1840 g/mol. The number of amides is 1. The van der Waals surface area contributed by atoms with E-state index in [4.69, 9.17) is 131 Å². The molecule has 20 atom stereocenters. The van der Waals surface area contributed by atoms with Gasteiger partial charge >= 0.3 is 49.7 Å². The predicted octanol–water partition coefficient (Wildman–Crippen LogP) is 6.27. The summed E-state index contributed by atoms with van der Waals surface area (Å²) in [5.74, 6) is 0.842. The molecule has 51 heteroatoms. The Hall–Kier alpha value is -6.46. The van der Waals surface area contributed by atoms with Gasteiger partial charge < -0.3 is 99.0 Å². The number of carbonyl (C=O) groups excluding carboxylic acids is 1. The van der Waals surface area contributed by atoms with Gasteiger partial charge in [0, 0.05) is 90.9 Å². The lowest BCUT2D eigenvalue weighted by molar-refractivity contribution is -0.120. The molecule has 6 aliphatic rings. The molecule has 0 bridgehead atoms. The molecule has 5 saturated heterocycles. The molecule has 4 unspecified atom stereocenters. The molecule has 10 heterocycles. The van der Waals surface area contributed by atoms with E-state index >= 15 is 0 Å². The van der Waals surface area contributed by atoms with E-state index in [1.165, 1.54) is 50.1 Å². The van der Waals surface area contributed by atoms with Gasteiger partial charge in [-0.3, -0.25) is 71.2 Å². The van der Waals surface area contributed by atoms with Crippen molar-refractivity contribution in [2.75, 3.05) is 53.9 Å². The Morgan fingerprint density at radius 1 is 0.488 bits per heavy atom. The highest BCUT2D eigenvalue weighted by Gasteiger charge is 2.50. The van der Waals surface area contributed by atoms with E-state index in [-0.39, 0.29) is 80.1 Å². The number of hydrogen-bond donors (Lipinski definition) is 10. The summed E-state index contributed by atoms with van der Waals surface area (Å²) in [6, 6.07) is 24.3. The molecule has 5 fully saturated rings. The summed E-state index contributed by atoms with van der Waals surface area (Å²) in [6.45, 7) is -10.0. The van der Waals surface area contributed by atoms with Crippen LogP contribution in [0, 0.1) is 27.7 Å². The first kappa shape index (κ1) is 96.1. The van der Waals surface area contributed by atoms with Crippen LogP contribution in [0.1, 0.15) is 117 Å². The van der Waals surface area contributed by atoms with Crippen LogP contribution < -0.4 is 59.8 Å². The van der Waals surface area contributed by atoms with Gasteiger partial charge in [-0.15, -0.1) is 0 Å². The average Bonchev–Trinajstić information content (AvgIpc) is 1.27. The molecule has 0 saturated carbocycles. The lowest BCUT2D eigenvalue weighted by atomic mass is 9.80. The molecule has 7 aromatic rings. The van der Waals surface area contributed by atoms with E-state index in [2.05, 4.69) is 37.5 Å². The Balaban J connectivity index is 0.718. The van der Waals surface area contributed by atoms with Crippen LogP contribution >= 0.6 is 59.0 Å². The highest BCUT2D eigenvalue weighted by molar-refractivity contribution is 8.44. The lowest BCUT2D eigenvalue weighted by Crippen LogP contribution is -2.45. The van der Waals surface area contributed by atoms with Crippen LogP contribution in [0.2, 0.25) is 0 Å². The molecule has 3 aromatic carbocycles. The van der Waals surface area contributed by atoms with Crippen LogP contribution in [-0.4, -0.2) is 191 Å². The minimum atomic E-state index is -4.80. The highest BCUT2D eigenvalue weighted by Crippen LogP contribution is 2.59. The van der Waals surface area contributed by atoms with E-state index < -0.39 is 203 Å². The molecule has 0 spiro atoms. The number of methoxy groups -OCH3 is 2. The Morgan fingerprint density at radius 3 is 1.24 bits per heavy atom. The molecule has 8 N–H and O–H groups in total. The second-order valence-corrected chi connectivity index (χ2v) is 43.3. The zero-order chi connectivity index (χ0) is 89.9. The number of ether oxygens (including phenoxy) is 8. The van der Waals surface area contributed by atoms with Crippen LogP contribution in [0.3, 0.4) is 0 Å². The number of thiol groups is 2. The van der Waals surface area contributed by atoms with Crippen molar-refractivity contribution in [2.24, 2.45) is 0 Å². The fourth-order valence-electron chi connectivity index (χ4n) is 14.9. The largest absolute Gasteiger partial charge is 0.497 e. The topological polar surface area (TPSA) is 496 Å². The van der Waals surface area contributed by atoms with Crippen LogP contribution in [-0.2, 0) is 124 Å². The summed E-state index contributed by atoms with van der Waals surface area (Å²) in [6.07, 6.45) is -13.1. The van der Waals surface area contributed by atoms with Crippen LogP contribution in [0.4, 0.5) is 0 Å². The summed E-state index contributed by atoms with van der Waals surface area (Å²) >= 11 is 25.8. The van der Waals surface area contributed by atoms with Crippen molar-refractivity contribution in [1.82, 2.24) is 48.4 Å². The third-order valence-electron chi connectivity index (χ3n) is 21.1. The molecule has 13 rings (SSSR count). The standard InChI is InChI=1S/C74H93N10O31P5S5/c1-39(2)111-120(97,125)115-54-27-64(84-32-44(7)69(89)79-73(84)93)109-59(54)37-104-119(96,124)114-53-26-63(83-31-43(6)68(88)78-72(83)92)108-58(53)36-103-118(95,123)113-52-25-62(82-30-42(5)67(87)77-71(82)91)107-57(52)35-102-117(94,122)112-51-24-60(80-28-40(3)65(85)75-38-80)105-56(51)34-101-116(121)110-50-23-61(81-29-41(4)66(86)76-70(81)90)106-55(50)33-100-74(45-13-11-10-12-14-45,46-15-19-48(98-8)20-16-46)47-17-21-49(99-9)22-18-47/h10-22,28-32,39,50-64,121H,23-27,33-38H2,1-9H3,(H,75,85)(H,94,122)(H,95,123)(H,96,124)(H,97,125)(H,76,86,90)(H,77,87,91)(H,78,88,92)(H,79,89,93)/t50-,51-,52-,53-,54-,55+,56+,57+,58+,59+,60+,61+,62+,63+,64+,116+,117?,118?,119?,120?/m0/s1. The fourth-order valence-corrected chi connectivity index (χ4v) is 22.7. The highest BCUT2D eigenvalue weighted by atomic mass is 32.7. The minimum Gasteiger partial charge on any atom is -0.497 e. The van der Waals surface area contributed by atoms with Crippen molar-refractivity contribution in [2.45, 2.75) is 184 Å². The van der Waals surface area contributed by atoms with Gasteiger partial charge in [-0.1, -0.05) is 79.1 Å². The van der Waals surface area contributed by atoms with Crippen molar-refractivity contribution in [3.63, 3.8) is 0 Å². The van der Waals surface area contributed by atoms with Crippen LogP contribution in [0.5, 0.6) is 11.5 Å². The first-order valence-electron chi connectivity index (χ1n) is 38.9. The van der Waals surface area contributed by atoms with Gasteiger partial charge in [-0.25, -0.2) is 23.7 Å². The first-order valence-corrected chi connectivity index (χ1v) is 51.7. The molecule has 0 aliphatic carbocycles. The fraction of sp³-hybridized carbons (Fsp3) is 0.500. The van der Waals surface area contributed by atoms with Crippen molar-refractivity contribution in [1.29, 1.82) is 0 Å². The molecule has 6 aliphatic heterocycles. The number of H-pyrrole nitrogens is 4. The van der Waals surface area contributed by atoms with Gasteiger partial charge in [0.2, 0.25) is 13.5 Å².